The predicted molar refractivity (Wildman–Crippen MR) is 125 cm³/mol. The van der Waals surface area contributed by atoms with Crippen molar-refractivity contribution in [2.75, 3.05) is 6.54 Å². The van der Waals surface area contributed by atoms with E-state index in [-0.39, 0.29) is 24.8 Å². The molecule has 0 bridgehead atoms. The first-order valence-electron chi connectivity index (χ1n) is 9.52. The summed E-state index contributed by atoms with van der Waals surface area (Å²) >= 11 is 0. The molecule has 2 aromatic heterocycles. The Balaban J connectivity index is 0.00000150. The lowest BCUT2D eigenvalue weighted by Gasteiger charge is -2.10. The highest BCUT2D eigenvalue weighted by Crippen LogP contribution is 2.32. The molecule has 0 saturated carbocycles. The second kappa shape index (κ2) is 10.4. The third-order valence-corrected chi connectivity index (χ3v) is 4.99. The fraction of sp³-hybridized carbons (Fsp3) is 0.273. The fourth-order valence-corrected chi connectivity index (χ4v) is 3.55. The summed E-state index contributed by atoms with van der Waals surface area (Å²) in [5, 5.41) is 0. The molecule has 0 aliphatic rings. The van der Waals surface area contributed by atoms with Gasteiger partial charge >= 0.3 is 0 Å². The number of fused-ring (bicyclic) bond motifs is 1. The summed E-state index contributed by atoms with van der Waals surface area (Å²) in [6.45, 7) is 1.66. The third kappa shape index (κ3) is 4.64. The van der Waals surface area contributed by atoms with Crippen LogP contribution in [0.3, 0.4) is 0 Å². The van der Waals surface area contributed by atoms with E-state index in [9.17, 15) is 0 Å². The molecular formula is C22H27Cl2N5. The fourth-order valence-electron chi connectivity index (χ4n) is 3.55. The number of nitrogens with two attached hydrogens (primary N) is 1. The monoisotopic (exact) mass is 431 g/mol. The van der Waals surface area contributed by atoms with E-state index in [1.165, 1.54) is 0 Å². The standard InChI is InChI=1S/C22H25N5.2ClH/c1-26-19-13-7-6-12-18(19)25-22(26)21-20(17-10-4-2-5-11-17)24-16-27(21)15-9-3-8-14-23;;/h2,4-7,10-13,16H,3,8-9,14-15,23H2,1H3;2*1H. The molecule has 0 saturated heterocycles. The highest BCUT2D eigenvalue weighted by molar-refractivity contribution is 5.86. The van der Waals surface area contributed by atoms with Crippen molar-refractivity contribution in [2.45, 2.75) is 25.8 Å². The second-order valence-corrected chi connectivity index (χ2v) is 6.83. The van der Waals surface area contributed by atoms with Crippen molar-refractivity contribution >= 4 is 35.8 Å². The highest BCUT2D eigenvalue weighted by Gasteiger charge is 2.20. The van der Waals surface area contributed by atoms with E-state index in [0.29, 0.717) is 0 Å². The van der Waals surface area contributed by atoms with E-state index in [2.05, 4.69) is 46.5 Å². The number of hydrogen-bond donors (Lipinski definition) is 1. The molecule has 0 fully saturated rings. The Bertz CT molecular complexity index is 1040. The zero-order chi connectivity index (χ0) is 18.6. The lowest BCUT2D eigenvalue weighted by atomic mass is 10.1. The number of aromatic nitrogens is 4. The van der Waals surface area contributed by atoms with Gasteiger partial charge in [0.1, 0.15) is 5.69 Å². The van der Waals surface area contributed by atoms with Gasteiger partial charge in [0, 0.05) is 19.2 Å². The first kappa shape index (κ1) is 22.9. The summed E-state index contributed by atoms with van der Waals surface area (Å²) in [6, 6.07) is 18.6. The Morgan fingerprint density at radius 1 is 0.897 bits per heavy atom. The van der Waals surface area contributed by atoms with Gasteiger partial charge in [0.2, 0.25) is 0 Å². The normalized spacial score (nSPS) is 10.6. The number of para-hydroxylation sites is 2. The van der Waals surface area contributed by atoms with Crippen molar-refractivity contribution in [3.8, 4) is 22.8 Å². The van der Waals surface area contributed by atoms with Crippen LogP contribution in [-0.4, -0.2) is 25.6 Å². The van der Waals surface area contributed by atoms with Crippen molar-refractivity contribution in [2.24, 2.45) is 12.8 Å². The van der Waals surface area contributed by atoms with E-state index in [4.69, 9.17) is 15.7 Å². The van der Waals surface area contributed by atoms with E-state index < -0.39 is 0 Å². The molecule has 2 heterocycles. The van der Waals surface area contributed by atoms with Crippen LogP contribution in [0.5, 0.6) is 0 Å². The summed E-state index contributed by atoms with van der Waals surface area (Å²) in [6.07, 6.45) is 5.21. The Kier molecular flexibility index (Phi) is 8.26. The van der Waals surface area contributed by atoms with Gasteiger partial charge in [0.05, 0.1) is 23.1 Å². The lowest BCUT2D eigenvalue weighted by Crippen LogP contribution is -2.05. The van der Waals surface area contributed by atoms with Crippen LogP contribution in [0.25, 0.3) is 33.8 Å². The molecule has 0 unspecified atom stereocenters. The molecule has 0 aliphatic heterocycles. The van der Waals surface area contributed by atoms with Gasteiger partial charge in [0.15, 0.2) is 5.82 Å². The minimum Gasteiger partial charge on any atom is -0.330 e. The van der Waals surface area contributed by atoms with Crippen molar-refractivity contribution < 1.29 is 0 Å². The van der Waals surface area contributed by atoms with Crippen LogP contribution in [0.4, 0.5) is 0 Å². The second-order valence-electron chi connectivity index (χ2n) is 6.83. The molecular weight excluding hydrogens is 405 g/mol. The van der Waals surface area contributed by atoms with Crippen molar-refractivity contribution in [1.82, 2.24) is 19.1 Å². The van der Waals surface area contributed by atoms with Gasteiger partial charge in [-0.3, -0.25) is 0 Å². The molecule has 0 atom stereocenters. The average Bonchev–Trinajstić information content (AvgIpc) is 3.27. The smallest absolute Gasteiger partial charge is 0.159 e. The molecule has 2 aromatic carbocycles. The molecule has 154 valence electrons. The molecule has 0 aliphatic carbocycles. The molecule has 5 nitrogen and oxygen atoms in total. The molecule has 0 radical (unpaired) electrons. The number of nitrogens with zero attached hydrogens (tertiary/aromatic N) is 4. The van der Waals surface area contributed by atoms with Crippen molar-refractivity contribution in [3.63, 3.8) is 0 Å². The van der Waals surface area contributed by atoms with Crippen LogP contribution in [0, 0.1) is 0 Å². The van der Waals surface area contributed by atoms with Crippen molar-refractivity contribution in [3.05, 3.63) is 60.9 Å². The summed E-state index contributed by atoms with van der Waals surface area (Å²) in [4.78, 5) is 9.69. The van der Waals surface area contributed by atoms with Crippen LogP contribution >= 0.6 is 24.8 Å². The highest BCUT2D eigenvalue weighted by atomic mass is 35.5. The van der Waals surface area contributed by atoms with Gasteiger partial charge in [-0.05, 0) is 31.5 Å². The minimum absolute atomic E-state index is 0. The lowest BCUT2D eigenvalue weighted by molar-refractivity contribution is 0.592. The quantitative estimate of drug-likeness (QED) is 0.415. The largest absolute Gasteiger partial charge is 0.330 e. The molecule has 29 heavy (non-hydrogen) atoms. The van der Waals surface area contributed by atoms with Crippen molar-refractivity contribution in [1.29, 1.82) is 0 Å². The van der Waals surface area contributed by atoms with Gasteiger partial charge < -0.3 is 14.9 Å². The minimum atomic E-state index is 0. The first-order chi connectivity index (χ1) is 13.3. The van der Waals surface area contributed by atoms with E-state index in [0.717, 1.165) is 66.2 Å². The SMILES string of the molecule is Cl.Cl.Cn1c(-c2c(-c3ccccc3)ncn2CCCCCN)nc2ccccc21. The van der Waals surface area contributed by atoms with E-state index in [1.807, 2.05) is 30.6 Å². The van der Waals surface area contributed by atoms with Crippen LogP contribution in [0.15, 0.2) is 60.9 Å². The van der Waals surface area contributed by atoms with Gasteiger partial charge in [-0.15, -0.1) is 24.8 Å². The Morgan fingerprint density at radius 3 is 2.34 bits per heavy atom. The van der Waals surface area contributed by atoms with Gasteiger partial charge in [-0.1, -0.05) is 48.9 Å². The van der Waals surface area contributed by atoms with Gasteiger partial charge in [-0.25, -0.2) is 9.97 Å². The number of hydrogen-bond acceptors (Lipinski definition) is 3. The number of unbranched alkanes of at least 4 members (excludes halogenated alkanes) is 2. The molecule has 7 heteroatoms. The topological polar surface area (TPSA) is 61.7 Å². The average molecular weight is 432 g/mol. The Morgan fingerprint density at radius 2 is 1.62 bits per heavy atom. The summed E-state index contributed by atoms with van der Waals surface area (Å²) in [7, 11) is 2.07. The number of benzene rings is 2. The molecule has 0 spiro atoms. The van der Waals surface area contributed by atoms with Crippen LogP contribution < -0.4 is 5.73 Å². The first-order valence-corrected chi connectivity index (χ1v) is 9.52. The number of rotatable bonds is 7. The number of imidazole rings is 2. The zero-order valence-electron chi connectivity index (χ0n) is 16.5. The molecule has 4 aromatic rings. The summed E-state index contributed by atoms with van der Waals surface area (Å²) in [5.41, 5.74) is 10.9. The van der Waals surface area contributed by atoms with E-state index in [1.54, 1.807) is 0 Å². The maximum absolute atomic E-state index is 5.64. The molecule has 0 amide bonds. The molecule has 4 rings (SSSR count). The third-order valence-electron chi connectivity index (χ3n) is 4.99. The summed E-state index contributed by atoms with van der Waals surface area (Å²) < 4.78 is 4.40. The van der Waals surface area contributed by atoms with Crippen LogP contribution in [0.1, 0.15) is 19.3 Å². The predicted octanol–water partition coefficient (Wildman–Crippen LogP) is 5.08. The Hall–Kier alpha value is -2.34. The van der Waals surface area contributed by atoms with E-state index >= 15 is 0 Å². The summed E-state index contributed by atoms with van der Waals surface area (Å²) in [5.74, 6) is 0.950. The van der Waals surface area contributed by atoms with Crippen LogP contribution in [-0.2, 0) is 13.6 Å². The van der Waals surface area contributed by atoms with Crippen LogP contribution in [0.2, 0.25) is 0 Å². The number of aryl methyl sites for hydroxylation is 2. The van der Waals surface area contributed by atoms with Gasteiger partial charge in [0.25, 0.3) is 0 Å². The maximum Gasteiger partial charge on any atom is 0.159 e. The Labute approximate surface area is 183 Å². The molecule has 2 N–H and O–H groups in total. The van der Waals surface area contributed by atoms with Gasteiger partial charge in [-0.2, -0.15) is 0 Å². The zero-order valence-corrected chi connectivity index (χ0v) is 18.1. The number of halogens is 2. The maximum atomic E-state index is 5.64.